The Kier molecular flexibility index (Phi) is 5.72. The average Bonchev–Trinajstić information content (AvgIpc) is 3.44. The first-order valence-electron chi connectivity index (χ1n) is 9.76. The number of nitrogens with zero attached hydrogens (tertiary/aromatic N) is 3. The van der Waals surface area contributed by atoms with Crippen LogP contribution in [0.5, 0.6) is 0 Å². The number of fused-ring (bicyclic) bond motifs is 1. The first kappa shape index (κ1) is 20.7. The fourth-order valence-electron chi connectivity index (χ4n) is 3.59. The third kappa shape index (κ3) is 3.78. The molecule has 0 radical (unpaired) electrons. The second kappa shape index (κ2) is 8.29. The Bertz CT molecular complexity index is 1240. The Balaban J connectivity index is 1.63. The van der Waals surface area contributed by atoms with Crippen molar-refractivity contribution in [2.75, 3.05) is 19.6 Å². The molecule has 0 bridgehead atoms. The van der Waals surface area contributed by atoms with Gasteiger partial charge in [-0.3, -0.25) is 9.59 Å². The summed E-state index contributed by atoms with van der Waals surface area (Å²) in [5.74, 6) is -0.0320. The zero-order valence-electron chi connectivity index (χ0n) is 16.5. The molecule has 1 aliphatic rings. The van der Waals surface area contributed by atoms with Crippen molar-refractivity contribution >= 4 is 38.2 Å². The van der Waals surface area contributed by atoms with Crippen LogP contribution >= 0.6 is 11.3 Å². The van der Waals surface area contributed by atoms with Gasteiger partial charge in [0.1, 0.15) is 15.6 Å². The number of aromatic nitrogens is 2. The van der Waals surface area contributed by atoms with Crippen LogP contribution in [-0.2, 0) is 16.6 Å². The van der Waals surface area contributed by atoms with Crippen LogP contribution in [-0.4, -0.2) is 53.1 Å². The molecule has 0 aliphatic carbocycles. The van der Waals surface area contributed by atoms with Gasteiger partial charge in [0, 0.05) is 19.6 Å². The number of rotatable bonds is 6. The van der Waals surface area contributed by atoms with Crippen LogP contribution in [0.25, 0.3) is 10.9 Å². The number of thiophene rings is 1. The van der Waals surface area contributed by atoms with Crippen LogP contribution in [0, 0.1) is 0 Å². The lowest BCUT2D eigenvalue weighted by Crippen LogP contribution is -2.34. The van der Waals surface area contributed by atoms with Crippen LogP contribution < -0.4 is 5.56 Å². The zero-order chi connectivity index (χ0) is 21.3. The monoisotopic (exact) mass is 446 g/mol. The molecule has 3 aromatic rings. The fourth-order valence-corrected chi connectivity index (χ4v) is 6.46. The van der Waals surface area contributed by atoms with E-state index in [1.54, 1.807) is 36.6 Å². The number of aromatic amines is 1. The summed E-state index contributed by atoms with van der Waals surface area (Å²) in [5.41, 5.74) is 0.278. The van der Waals surface area contributed by atoms with E-state index in [0.717, 1.165) is 24.2 Å². The third-order valence-corrected chi connectivity index (χ3v) is 8.15. The highest BCUT2D eigenvalue weighted by Crippen LogP contribution is 2.29. The van der Waals surface area contributed by atoms with Gasteiger partial charge in [0.05, 0.1) is 17.4 Å². The Morgan fingerprint density at radius 1 is 1.23 bits per heavy atom. The molecule has 30 heavy (non-hydrogen) atoms. The highest BCUT2D eigenvalue weighted by atomic mass is 32.2. The van der Waals surface area contributed by atoms with E-state index >= 15 is 0 Å². The van der Waals surface area contributed by atoms with Gasteiger partial charge in [0.2, 0.25) is 10.0 Å². The van der Waals surface area contributed by atoms with Gasteiger partial charge in [-0.1, -0.05) is 12.1 Å². The minimum Gasteiger partial charge on any atom is -0.331 e. The molecule has 8 nitrogen and oxygen atoms in total. The SMILES string of the molecule is CCN(Cc1nc2ccccc2c(=O)[nH]1)C(=O)c1sccc1S(=O)(=O)N1CCCC1. The van der Waals surface area contributed by atoms with Crippen molar-refractivity contribution in [3.05, 3.63) is 56.8 Å². The van der Waals surface area contributed by atoms with Crippen molar-refractivity contribution < 1.29 is 13.2 Å². The number of sulfonamides is 1. The summed E-state index contributed by atoms with van der Waals surface area (Å²) >= 11 is 1.11. The largest absolute Gasteiger partial charge is 0.331 e. The molecule has 1 N–H and O–H groups in total. The lowest BCUT2D eigenvalue weighted by molar-refractivity contribution is 0.0749. The quantitative estimate of drug-likeness (QED) is 0.626. The number of hydrogen-bond donors (Lipinski definition) is 1. The van der Waals surface area contributed by atoms with Gasteiger partial charge >= 0.3 is 0 Å². The lowest BCUT2D eigenvalue weighted by Gasteiger charge is -2.21. The predicted octanol–water partition coefficient (Wildman–Crippen LogP) is 2.43. The summed E-state index contributed by atoms with van der Waals surface area (Å²) in [5, 5.41) is 2.10. The van der Waals surface area contributed by atoms with E-state index in [1.807, 2.05) is 0 Å². The third-order valence-electron chi connectivity index (χ3n) is 5.18. The van der Waals surface area contributed by atoms with Crippen molar-refractivity contribution in [1.29, 1.82) is 0 Å². The molecule has 0 unspecified atom stereocenters. The molecule has 0 atom stereocenters. The highest BCUT2D eigenvalue weighted by Gasteiger charge is 2.33. The van der Waals surface area contributed by atoms with Gasteiger partial charge in [-0.2, -0.15) is 4.31 Å². The standard InChI is InChI=1S/C20H22N4O4S2/c1-2-23(13-17-21-15-8-4-3-7-14(15)19(25)22-17)20(26)18-16(9-12-29-18)30(27,28)24-10-5-6-11-24/h3-4,7-9,12H,2,5-6,10-11,13H2,1H3,(H,21,22,25). The van der Waals surface area contributed by atoms with Crippen molar-refractivity contribution in [3.63, 3.8) is 0 Å². The van der Waals surface area contributed by atoms with E-state index in [-0.39, 0.29) is 27.8 Å². The highest BCUT2D eigenvalue weighted by molar-refractivity contribution is 7.89. The number of carbonyl (C=O) groups is 1. The van der Waals surface area contributed by atoms with Crippen LogP contribution in [0.3, 0.4) is 0 Å². The second-order valence-corrected chi connectivity index (χ2v) is 9.90. The van der Waals surface area contributed by atoms with Crippen molar-refractivity contribution in [2.45, 2.75) is 31.2 Å². The van der Waals surface area contributed by atoms with E-state index in [1.165, 1.54) is 15.3 Å². The molecule has 1 aromatic carbocycles. The molecule has 158 valence electrons. The maximum Gasteiger partial charge on any atom is 0.265 e. The molecule has 0 spiro atoms. The topological polar surface area (TPSA) is 103 Å². The number of nitrogens with one attached hydrogen (secondary N) is 1. The molecule has 1 saturated heterocycles. The number of H-pyrrole nitrogens is 1. The minimum absolute atomic E-state index is 0.0535. The summed E-state index contributed by atoms with van der Waals surface area (Å²) < 4.78 is 27.4. The molecule has 3 heterocycles. The molecular weight excluding hydrogens is 424 g/mol. The Labute approximate surface area is 178 Å². The molecule has 1 amide bonds. The number of hydrogen-bond acceptors (Lipinski definition) is 6. The number of amides is 1. The van der Waals surface area contributed by atoms with Gasteiger partial charge < -0.3 is 9.88 Å². The van der Waals surface area contributed by atoms with Crippen molar-refractivity contribution in [1.82, 2.24) is 19.2 Å². The van der Waals surface area contributed by atoms with Gasteiger partial charge in [0.15, 0.2) is 0 Å². The van der Waals surface area contributed by atoms with Crippen molar-refractivity contribution in [2.24, 2.45) is 0 Å². The molecule has 10 heteroatoms. The predicted molar refractivity (Wildman–Crippen MR) is 115 cm³/mol. The summed E-state index contributed by atoms with van der Waals surface area (Å²) in [6, 6.07) is 8.49. The van der Waals surface area contributed by atoms with E-state index in [2.05, 4.69) is 9.97 Å². The van der Waals surface area contributed by atoms with Gasteiger partial charge in [-0.05, 0) is 43.3 Å². The first-order chi connectivity index (χ1) is 14.4. The summed E-state index contributed by atoms with van der Waals surface area (Å²) in [6.07, 6.45) is 1.66. The van der Waals surface area contributed by atoms with E-state index in [9.17, 15) is 18.0 Å². The van der Waals surface area contributed by atoms with E-state index in [4.69, 9.17) is 0 Å². The minimum atomic E-state index is -3.70. The number of para-hydroxylation sites is 1. The first-order valence-corrected chi connectivity index (χ1v) is 12.1. The zero-order valence-corrected chi connectivity index (χ0v) is 18.1. The van der Waals surface area contributed by atoms with Gasteiger partial charge in [0.25, 0.3) is 11.5 Å². The smallest absolute Gasteiger partial charge is 0.265 e. The molecule has 4 rings (SSSR count). The lowest BCUT2D eigenvalue weighted by atomic mass is 10.2. The van der Waals surface area contributed by atoms with Crippen LogP contribution in [0.4, 0.5) is 0 Å². The van der Waals surface area contributed by atoms with Crippen LogP contribution in [0.2, 0.25) is 0 Å². The van der Waals surface area contributed by atoms with Gasteiger partial charge in [-0.15, -0.1) is 11.3 Å². The Morgan fingerprint density at radius 3 is 2.70 bits per heavy atom. The molecule has 0 saturated carbocycles. The Morgan fingerprint density at radius 2 is 1.97 bits per heavy atom. The van der Waals surface area contributed by atoms with Crippen molar-refractivity contribution in [3.8, 4) is 0 Å². The number of carbonyl (C=O) groups excluding carboxylic acids is 1. The molecule has 1 fully saturated rings. The fraction of sp³-hybridized carbons (Fsp3) is 0.350. The summed E-state index contributed by atoms with van der Waals surface area (Å²) in [6.45, 7) is 3.18. The maximum atomic E-state index is 13.2. The molecule has 2 aromatic heterocycles. The maximum absolute atomic E-state index is 13.2. The Hall–Kier alpha value is -2.56. The number of benzene rings is 1. The normalized spacial score (nSPS) is 15.0. The molecular formula is C20H22N4O4S2. The summed E-state index contributed by atoms with van der Waals surface area (Å²) in [7, 11) is -3.70. The second-order valence-electron chi connectivity index (χ2n) is 7.07. The van der Waals surface area contributed by atoms with Crippen LogP contribution in [0.1, 0.15) is 35.3 Å². The van der Waals surface area contributed by atoms with E-state index < -0.39 is 10.0 Å². The van der Waals surface area contributed by atoms with Crippen LogP contribution in [0.15, 0.2) is 45.4 Å². The van der Waals surface area contributed by atoms with E-state index in [0.29, 0.717) is 36.4 Å². The van der Waals surface area contributed by atoms with Gasteiger partial charge in [-0.25, -0.2) is 13.4 Å². The molecule has 1 aliphatic heterocycles. The summed E-state index contributed by atoms with van der Waals surface area (Å²) in [4.78, 5) is 34.4. The average molecular weight is 447 g/mol.